The predicted octanol–water partition coefficient (Wildman–Crippen LogP) is 0.895. The standard InChI is InChI=1S/C14H23NO5/c16-13(17)5-6-15(9-12-4-2-8-20-12)14(18)11-3-1-7-19-10-11/h11-12H,1-10H2,(H,16,17). The fourth-order valence-corrected chi connectivity index (χ4v) is 2.75. The molecule has 0 spiro atoms. The van der Waals surface area contributed by atoms with Crippen molar-refractivity contribution >= 4 is 11.9 Å². The number of amides is 1. The van der Waals surface area contributed by atoms with E-state index in [-0.39, 0.29) is 30.9 Å². The summed E-state index contributed by atoms with van der Waals surface area (Å²) in [4.78, 5) is 24.9. The van der Waals surface area contributed by atoms with Crippen LogP contribution in [0, 0.1) is 5.92 Å². The SMILES string of the molecule is O=C(O)CCN(CC1CCCO1)C(=O)C1CCCOC1. The lowest BCUT2D eigenvalue weighted by atomic mass is 10.00. The first-order valence-corrected chi connectivity index (χ1v) is 7.36. The number of rotatable bonds is 6. The number of carbonyl (C=O) groups is 2. The van der Waals surface area contributed by atoms with E-state index in [9.17, 15) is 9.59 Å². The topological polar surface area (TPSA) is 76.1 Å². The Morgan fingerprint density at radius 3 is 2.60 bits per heavy atom. The summed E-state index contributed by atoms with van der Waals surface area (Å²) < 4.78 is 10.9. The molecule has 1 amide bonds. The van der Waals surface area contributed by atoms with Gasteiger partial charge in [0.25, 0.3) is 0 Å². The normalized spacial score (nSPS) is 26.4. The van der Waals surface area contributed by atoms with Crippen molar-refractivity contribution in [1.82, 2.24) is 4.90 Å². The molecule has 0 aromatic rings. The average molecular weight is 285 g/mol. The summed E-state index contributed by atoms with van der Waals surface area (Å²) in [5.74, 6) is -0.990. The Bertz CT molecular complexity index is 334. The van der Waals surface area contributed by atoms with Gasteiger partial charge in [-0.3, -0.25) is 9.59 Å². The fraction of sp³-hybridized carbons (Fsp3) is 0.857. The molecule has 2 rings (SSSR count). The van der Waals surface area contributed by atoms with Crippen LogP contribution in [0.2, 0.25) is 0 Å². The van der Waals surface area contributed by atoms with E-state index in [2.05, 4.69) is 0 Å². The molecule has 0 saturated carbocycles. The van der Waals surface area contributed by atoms with Crippen molar-refractivity contribution in [3.05, 3.63) is 0 Å². The molecular formula is C14H23NO5. The molecule has 2 atom stereocenters. The van der Waals surface area contributed by atoms with E-state index >= 15 is 0 Å². The number of nitrogens with zero attached hydrogens (tertiary/aromatic N) is 1. The zero-order valence-electron chi connectivity index (χ0n) is 11.8. The number of carbonyl (C=O) groups excluding carboxylic acids is 1. The summed E-state index contributed by atoms with van der Waals surface area (Å²) >= 11 is 0. The molecule has 2 heterocycles. The number of carboxylic acid groups (broad SMARTS) is 1. The van der Waals surface area contributed by atoms with Gasteiger partial charge in [0.1, 0.15) is 0 Å². The molecule has 0 bridgehead atoms. The molecule has 114 valence electrons. The number of ether oxygens (including phenoxy) is 2. The molecule has 2 aliphatic heterocycles. The van der Waals surface area contributed by atoms with Gasteiger partial charge in [-0.15, -0.1) is 0 Å². The molecule has 0 radical (unpaired) electrons. The largest absolute Gasteiger partial charge is 0.481 e. The molecule has 0 aromatic heterocycles. The average Bonchev–Trinajstić information content (AvgIpc) is 2.96. The third-order valence-corrected chi connectivity index (χ3v) is 3.86. The van der Waals surface area contributed by atoms with E-state index in [0.29, 0.717) is 19.8 Å². The van der Waals surface area contributed by atoms with Gasteiger partial charge in [0.15, 0.2) is 0 Å². The van der Waals surface area contributed by atoms with E-state index in [4.69, 9.17) is 14.6 Å². The molecule has 20 heavy (non-hydrogen) atoms. The first-order valence-electron chi connectivity index (χ1n) is 7.36. The molecule has 2 saturated heterocycles. The van der Waals surface area contributed by atoms with Crippen molar-refractivity contribution in [3.8, 4) is 0 Å². The maximum atomic E-state index is 12.5. The summed E-state index contributed by atoms with van der Waals surface area (Å²) in [5, 5.41) is 8.82. The van der Waals surface area contributed by atoms with Crippen LogP contribution in [0.1, 0.15) is 32.1 Å². The number of hydrogen-bond donors (Lipinski definition) is 1. The summed E-state index contributed by atoms with van der Waals surface area (Å²) in [5.41, 5.74) is 0. The van der Waals surface area contributed by atoms with Crippen LogP contribution in [0.5, 0.6) is 0 Å². The van der Waals surface area contributed by atoms with E-state index in [1.165, 1.54) is 0 Å². The van der Waals surface area contributed by atoms with Crippen LogP contribution < -0.4 is 0 Å². The van der Waals surface area contributed by atoms with Crippen molar-refractivity contribution < 1.29 is 24.2 Å². The Hall–Kier alpha value is -1.14. The molecule has 2 unspecified atom stereocenters. The second-order valence-corrected chi connectivity index (χ2v) is 5.48. The maximum absolute atomic E-state index is 12.5. The van der Waals surface area contributed by atoms with E-state index in [0.717, 1.165) is 32.3 Å². The summed E-state index contributed by atoms with van der Waals surface area (Å²) in [6, 6.07) is 0. The van der Waals surface area contributed by atoms with Gasteiger partial charge in [-0.1, -0.05) is 0 Å². The van der Waals surface area contributed by atoms with Crippen LogP contribution in [0.4, 0.5) is 0 Å². The Labute approximate surface area is 119 Å². The summed E-state index contributed by atoms with van der Waals surface area (Å²) in [6.07, 6.45) is 3.71. The van der Waals surface area contributed by atoms with Gasteiger partial charge >= 0.3 is 5.97 Å². The molecule has 2 fully saturated rings. The molecule has 1 N–H and O–H groups in total. The van der Waals surface area contributed by atoms with Gasteiger partial charge in [0.05, 0.1) is 25.0 Å². The van der Waals surface area contributed by atoms with Gasteiger partial charge in [-0.25, -0.2) is 0 Å². The molecule has 2 aliphatic rings. The van der Waals surface area contributed by atoms with Crippen molar-refractivity contribution in [2.24, 2.45) is 5.92 Å². The second kappa shape index (κ2) is 7.59. The highest BCUT2D eigenvalue weighted by molar-refractivity contribution is 5.79. The summed E-state index contributed by atoms with van der Waals surface area (Å²) in [7, 11) is 0. The molecule has 6 heteroatoms. The van der Waals surface area contributed by atoms with Gasteiger partial charge < -0.3 is 19.5 Å². The number of carboxylic acids is 1. The van der Waals surface area contributed by atoms with Crippen molar-refractivity contribution in [2.75, 3.05) is 32.9 Å². The van der Waals surface area contributed by atoms with E-state index in [1.54, 1.807) is 4.90 Å². The minimum atomic E-state index is -0.880. The Balaban J connectivity index is 1.91. The lowest BCUT2D eigenvalue weighted by Crippen LogP contribution is -2.44. The highest BCUT2D eigenvalue weighted by Crippen LogP contribution is 2.19. The van der Waals surface area contributed by atoms with Gasteiger partial charge in [0, 0.05) is 26.3 Å². The highest BCUT2D eigenvalue weighted by atomic mass is 16.5. The third-order valence-electron chi connectivity index (χ3n) is 3.86. The zero-order chi connectivity index (χ0) is 14.4. The van der Waals surface area contributed by atoms with Crippen molar-refractivity contribution in [1.29, 1.82) is 0 Å². The van der Waals surface area contributed by atoms with Crippen molar-refractivity contribution in [3.63, 3.8) is 0 Å². The summed E-state index contributed by atoms with van der Waals surface area (Å²) in [6.45, 7) is 2.66. The van der Waals surface area contributed by atoms with Crippen molar-refractivity contribution in [2.45, 2.75) is 38.2 Å². The quantitative estimate of drug-likeness (QED) is 0.784. The minimum absolute atomic E-state index is 0.0152. The molecule has 0 aliphatic carbocycles. The third kappa shape index (κ3) is 4.45. The first kappa shape index (κ1) is 15.3. The lowest BCUT2D eigenvalue weighted by molar-refractivity contribution is -0.143. The zero-order valence-corrected chi connectivity index (χ0v) is 11.8. The smallest absolute Gasteiger partial charge is 0.305 e. The second-order valence-electron chi connectivity index (χ2n) is 5.48. The van der Waals surface area contributed by atoms with Gasteiger partial charge in [-0.2, -0.15) is 0 Å². The fourth-order valence-electron chi connectivity index (χ4n) is 2.75. The van der Waals surface area contributed by atoms with Crippen LogP contribution in [0.3, 0.4) is 0 Å². The van der Waals surface area contributed by atoms with Crippen LogP contribution in [-0.2, 0) is 19.1 Å². The van der Waals surface area contributed by atoms with E-state index < -0.39 is 5.97 Å². The van der Waals surface area contributed by atoms with Gasteiger partial charge in [0.2, 0.25) is 5.91 Å². The number of aliphatic carboxylic acids is 1. The monoisotopic (exact) mass is 285 g/mol. The highest BCUT2D eigenvalue weighted by Gasteiger charge is 2.29. The molecule has 0 aromatic carbocycles. The minimum Gasteiger partial charge on any atom is -0.481 e. The Morgan fingerprint density at radius 1 is 1.20 bits per heavy atom. The molecule has 6 nitrogen and oxygen atoms in total. The Morgan fingerprint density at radius 2 is 2.00 bits per heavy atom. The van der Waals surface area contributed by atoms with Crippen LogP contribution in [0.25, 0.3) is 0 Å². The van der Waals surface area contributed by atoms with Gasteiger partial charge in [-0.05, 0) is 25.7 Å². The van der Waals surface area contributed by atoms with E-state index in [1.807, 2.05) is 0 Å². The van der Waals surface area contributed by atoms with Crippen LogP contribution in [0.15, 0.2) is 0 Å². The first-order chi connectivity index (χ1) is 9.66. The van der Waals surface area contributed by atoms with Crippen LogP contribution in [-0.4, -0.2) is 60.9 Å². The Kier molecular flexibility index (Phi) is 5.79. The molecular weight excluding hydrogens is 262 g/mol. The number of hydrogen-bond acceptors (Lipinski definition) is 4. The maximum Gasteiger partial charge on any atom is 0.305 e. The van der Waals surface area contributed by atoms with Crippen LogP contribution >= 0.6 is 0 Å². The lowest BCUT2D eigenvalue weighted by Gasteiger charge is -2.30. The predicted molar refractivity (Wildman–Crippen MR) is 71.3 cm³/mol.